The van der Waals surface area contributed by atoms with Crippen molar-refractivity contribution < 1.29 is 9.21 Å². The van der Waals surface area contributed by atoms with Crippen molar-refractivity contribution in [1.82, 2.24) is 10.2 Å². The van der Waals surface area contributed by atoms with Gasteiger partial charge in [0.05, 0.1) is 18.7 Å². The molecule has 4 nitrogen and oxygen atoms in total. The van der Waals surface area contributed by atoms with Gasteiger partial charge < -0.3 is 9.73 Å². The van der Waals surface area contributed by atoms with E-state index in [2.05, 4.69) is 5.32 Å². The highest BCUT2D eigenvalue weighted by Crippen LogP contribution is 2.17. The molecule has 0 spiro atoms. The largest absolute Gasteiger partial charge is 0.468 e. The van der Waals surface area contributed by atoms with Gasteiger partial charge in [-0.1, -0.05) is 0 Å². The highest BCUT2D eigenvalue weighted by atomic mass is 32.1. The normalized spacial score (nSPS) is 12.6. The van der Waals surface area contributed by atoms with Crippen molar-refractivity contribution in [2.75, 3.05) is 20.6 Å². The molecule has 0 aliphatic rings. The second-order valence-corrected chi connectivity index (χ2v) is 5.39. The number of carbonyl (C=O) groups excluding carboxylic acids is 1. The molecule has 1 amide bonds. The molecule has 0 aliphatic carbocycles. The first kappa shape index (κ1) is 13.8. The Bertz CT molecular complexity index is 492. The van der Waals surface area contributed by atoms with Gasteiger partial charge in [0, 0.05) is 6.54 Å². The smallest absolute Gasteiger partial charge is 0.224 e. The minimum atomic E-state index is 0.0387. The van der Waals surface area contributed by atoms with Gasteiger partial charge in [-0.25, -0.2) is 0 Å². The number of amides is 1. The number of nitrogens with one attached hydrogen (secondary N) is 1. The first-order valence-electron chi connectivity index (χ1n) is 6.14. The molecule has 19 heavy (non-hydrogen) atoms. The van der Waals surface area contributed by atoms with E-state index in [-0.39, 0.29) is 11.9 Å². The van der Waals surface area contributed by atoms with E-state index >= 15 is 0 Å². The molecule has 102 valence electrons. The summed E-state index contributed by atoms with van der Waals surface area (Å²) in [4.78, 5) is 13.9. The number of thiophene rings is 1. The van der Waals surface area contributed by atoms with Gasteiger partial charge in [-0.05, 0) is 48.6 Å². The van der Waals surface area contributed by atoms with Crippen molar-refractivity contribution in [2.45, 2.75) is 12.5 Å². The molecule has 1 atom stereocenters. The number of furan rings is 1. The zero-order valence-corrected chi connectivity index (χ0v) is 11.9. The van der Waals surface area contributed by atoms with Crippen LogP contribution in [-0.4, -0.2) is 31.4 Å². The van der Waals surface area contributed by atoms with Gasteiger partial charge in [-0.3, -0.25) is 9.69 Å². The summed E-state index contributed by atoms with van der Waals surface area (Å²) in [5.41, 5.74) is 1.06. The zero-order valence-electron chi connectivity index (χ0n) is 11.1. The first-order chi connectivity index (χ1) is 9.16. The maximum absolute atomic E-state index is 11.9. The van der Waals surface area contributed by atoms with Crippen molar-refractivity contribution >= 4 is 17.2 Å². The molecule has 0 aromatic carbocycles. The number of carbonyl (C=O) groups is 1. The molecule has 0 saturated carbocycles. The van der Waals surface area contributed by atoms with Crippen LogP contribution in [0.5, 0.6) is 0 Å². The SMILES string of the molecule is CN(C)[C@@H](CNC(=O)Cc1ccsc1)c1ccco1. The van der Waals surface area contributed by atoms with Crippen LogP contribution in [-0.2, 0) is 11.2 Å². The van der Waals surface area contributed by atoms with Crippen LogP contribution in [0.2, 0.25) is 0 Å². The summed E-state index contributed by atoms with van der Waals surface area (Å²) < 4.78 is 5.40. The minimum absolute atomic E-state index is 0.0387. The molecule has 0 radical (unpaired) electrons. The molecule has 0 aliphatic heterocycles. The fourth-order valence-electron chi connectivity index (χ4n) is 1.87. The number of hydrogen-bond acceptors (Lipinski definition) is 4. The Morgan fingerprint density at radius 3 is 2.89 bits per heavy atom. The van der Waals surface area contributed by atoms with Gasteiger partial charge in [0.2, 0.25) is 5.91 Å². The van der Waals surface area contributed by atoms with Crippen LogP contribution in [0.4, 0.5) is 0 Å². The van der Waals surface area contributed by atoms with Gasteiger partial charge >= 0.3 is 0 Å². The predicted octanol–water partition coefficient (Wildman–Crippen LogP) is 2.30. The van der Waals surface area contributed by atoms with Crippen molar-refractivity contribution in [3.63, 3.8) is 0 Å². The highest BCUT2D eigenvalue weighted by Gasteiger charge is 2.17. The van der Waals surface area contributed by atoms with E-state index in [9.17, 15) is 4.79 Å². The maximum atomic E-state index is 11.9. The van der Waals surface area contributed by atoms with Crippen molar-refractivity contribution in [3.8, 4) is 0 Å². The Balaban J connectivity index is 1.87. The second-order valence-electron chi connectivity index (χ2n) is 4.61. The lowest BCUT2D eigenvalue weighted by Crippen LogP contribution is -2.35. The van der Waals surface area contributed by atoms with Gasteiger partial charge in [0.15, 0.2) is 0 Å². The van der Waals surface area contributed by atoms with Gasteiger partial charge in [0.1, 0.15) is 5.76 Å². The predicted molar refractivity (Wildman–Crippen MR) is 76.2 cm³/mol. The van der Waals surface area contributed by atoms with E-state index in [0.29, 0.717) is 13.0 Å². The third kappa shape index (κ3) is 3.94. The van der Waals surface area contributed by atoms with Crippen LogP contribution in [0.25, 0.3) is 0 Å². The average Bonchev–Trinajstić information content (AvgIpc) is 3.01. The Morgan fingerprint density at radius 1 is 1.47 bits per heavy atom. The quantitative estimate of drug-likeness (QED) is 0.882. The summed E-state index contributed by atoms with van der Waals surface area (Å²) in [6.45, 7) is 0.545. The van der Waals surface area contributed by atoms with E-state index in [0.717, 1.165) is 11.3 Å². The lowest BCUT2D eigenvalue weighted by molar-refractivity contribution is -0.120. The monoisotopic (exact) mass is 278 g/mol. The first-order valence-corrected chi connectivity index (χ1v) is 7.08. The Kier molecular flexibility index (Phi) is 4.76. The lowest BCUT2D eigenvalue weighted by atomic mass is 10.2. The molecule has 2 aromatic rings. The molecule has 0 saturated heterocycles. The number of nitrogens with zero attached hydrogens (tertiary/aromatic N) is 1. The molecule has 0 bridgehead atoms. The molecular formula is C14H18N2O2S. The zero-order chi connectivity index (χ0) is 13.7. The number of rotatable bonds is 6. The van der Waals surface area contributed by atoms with E-state index in [4.69, 9.17) is 4.42 Å². The molecule has 2 rings (SSSR count). The van der Waals surface area contributed by atoms with E-state index in [1.807, 2.05) is 48.0 Å². The summed E-state index contributed by atoms with van der Waals surface area (Å²) in [7, 11) is 3.94. The Hall–Kier alpha value is -1.59. The Morgan fingerprint density at radius 2 is 2.32 bits per heavy atom. The van der Waals surface area contributed by atoms with Gasteiger partial charge in [-0.15, -0.1) is 0 Å². The van der Waals surface area contributed by atoms with Crippen molar-refractivity contribution in [1.29, 1.82) is 0 Å². The van der Waals surface area contributed by atoms with E-state index in [1.54, 1.807) is 17.6 Å². The average molecular weight is 278 g/mol. The van der Waals surface area contributed by atoms with E-state index in [1.165, 1.54) is 0 Å². The molecule has 5 heteroatoms. The molecular weight excluding hydrogens is 260 g/mol. The van der Waals surface area contributed by atoms with Crippen molar-refractivity contribution in [3.05, 3.63) is 46.5 Å². The van der Waals surface area contributed by atoms with Crippen molar-refractivity contribution in [2.24, 2.45) is 0 Å². The second kappa shape index (κ2) is 6.54. The molecule has 0 fully saturated rings. The molecule has 2 heterocycles. The summed E-state index contributed by atoms with van der Waals surface area (Å²) in [6.07, 6.45) is 2.08. The summed E-state index contributed by atoms with van der Waals surface area (Å²) in [6, 6.07) is 5.82. The van der Waals surface area contributed by atoms with Gasteiger partial charge in [-0.2, -0.15) is 11.3 Å². The summed E-state index contributed by atoms with van der Waals surface area (Å²) in [5, 5.41) is 6.93. The minimum Gasteiger partial charge on any atom is -0.468 e. The van der Waals surface area contributed by atoms with Crippen LogP contribution >= 0.6 is 11.3 Å². The summed E-state index contributed by atoms with van der Waals surface area (Å²) >= 11 is 1.61. The third-order valence-corrected chi connectivity index (χ3v) is 3.66. The van der Waals surface area contributed by atoms with Crippen LogP contribution in [0.3, 0.4) is 0 Å². The molecule has 0 unspecified atom stereocenters. The fraction of sp³-hybridized carbons (Fsp3) is 0.357. The number of hydrogen-bond donors (Lipinski definition) is 1. The topological polar surface area (TPSA) is 45.5 Å². The fourth-order valence-corrected chi connectivity index (χ4v) is 2.54. The van der Waals surface area contributed by atoms with Crippen LogP contribution in [0.15, 0.2) is 39.6 Å². The summed E-state index contributed by atoms with van der Waals surface area (Å²) in [5.74, 6) is 0.901. The molecule has 2 aromatic heterocycles. The lowest BCUT2D eigenvalue weighted by Gasteiger charge is -2.22. The van der Waals surface area contributed by atoms with Gasteiger partial charge in [0.25, 0.3) is 0 Å². The highest BCUT2D eigenvalue weighted by molar-refractivity contribution is 7.07. The molecule has 1 N–H and O–H groups in total. The van der Waals surface area contributed by atoms with Crippen LogP contribution in [0, 0.1) is 0 Å². The Labute approximate surface area is 117 Å². The van der Waals surface area contributed by atoms with Crippen LogP contribution < -0.4 is 5.32 Å². The van der Waals surface area contributed by atoms with Crippen LogP contribution in [0.1, 0.15) is 17.4 Å². The van der Waals surface area contributed by atoms with E-state index < -0.39 is 0 Å². The third-order valence-electron chi connectivity index (χ3n) is 2.93. The number of likely N-dealkylation sites (N-methyl/N-ethyl adjacent to an activating group) is 1. The maximum Gasteiger partial charge on any atom is 0.224 e. The standard InChI is InChI=1S/C14H18N2O2S/c1-16(2)12(13-4-3-6-18-13)9-15-14(17)8-11-5-7-19-10-11/h3-7,10,12H,8-9H2,1-2H3,(H,15,17)/t12-/m0/s1.